The fourth-order valence-corrected chi connectivity index (χ4v) is 4.65. The van der Waals surface area contributed by atoms with Gasteiger partial charge in [-0.25, -0.2) is 0 Å². The summed E-state index contributed by atoms with van der Waals surface area (Å²) in [5.41, 5.74) is 11.9. The maximum absolute atomic E-state index is 3.53. The van der Waals surface area contributed by atoms with Crippen LogP contribution in [-0.2, 0) is 0 Å². The molecule has 0 radical (unpaired) electrons. The van der Waals surface area contributed by atoms with Crippen LogP contribution in [0.4, 0.5) is 11.4 Å². The van der Waals surface area contributed by atoms with Crippen LogP contribution in [0.5, 0.6) is 0 Å². The van der Waals surface area contributed by atoms with E-state index in [4.69, 9.17) is 0 Å². The van der Waals surface area contributed by atoms with Crippen molar-refractivity contribution in [3.05, 3.63) is 158 Å². The van der Waals surface area contributed by atoms with Crippen molar-refractivity contribution in [3.63, 3.8) is 0 Å². The molecule has 0 amide bonds. The fourth-order valence-electron chi connectivity index (χ4n) is 4.65. The molecule has 37 heavy (non-hydrogen) atoms. The molecule has 0 bridgehead atoms. The summed E-state index contributed by atoms with van der Waals surface area (Å²) in [6, 6.07) is 55.7. The Morgan fingerprint density at radius 3 is 0.973 bits per heavy atom. The predicted octanol–water partition coefficient (Wildman–Crippen LogP) is 10.1. The molecular formula is C36H27N. The summed E-state index contributed by atoms with van der Waals surface area (Å²) in [4.78, 5) is 0. The van der Waals surface area contributed by atoms with Gasteiger partial charge in [0.05, 0.1) is 0 Å². The van der Waals surface area contributed by atoms with E-state index in [9.17, 15) is 0 Å². The minimum Gasteiger partial charge on any atom is -0.356 e. The van der Waals surface area contributed by atoms with Gasteiger partial charge in [0.2, 0.25) is 0 Å². The van der Waals surface area contributed by atoms with E-state index in [0.29, 0.717) is 0 Å². The van der Waals surface area contributed by atoms with Gasteiger partial charge in [0.1, 0.15) is 0 Å². The van der Waals surface area contributed by atoms with Crippen molar-refractivity contribution >= 4 is 11.4 Å². The molecule has 6 rings (SSSR count). The SMILES string of the molecule is c1ccc(-c2ccc(-c3ccc(Nc4ccc(-c5cccc(-c6ccccc6)c5)cc4)cc3)cc2)cc1. The van der Waals surface area contributed by atoms with E-state index in [1.807, 2.05) is 6.07 Å². The lowest BCUT2D eigenvalue weighted by Gasteiger charge is -2.10. The molecule has 0 atom stereocenters. The summed E-state index contributed by atoms with van der Waals surface area (Å²) in [5, 5.41) is 3.53. The Bertz CT molecular complexity index is 1580. The van der Waals surface area contributed by atoms with Gasteiger partial charge in [-0.3, -0.25) is 0 Å². The highest BCUT2D eigenvalue weighted by molar-refractivity contribution is 5.75. The quantitative estimate of drug-likeness (QED) is 0.254. The summed E-state index contributed by atoms with van der Waals surface area (Å²) in [5.74, 6) is 0. The lowest BCUT2D eigenvalue weighted by Crippen LogP contribution is -1.90. The Labute approximate surface area is 218 Å². The van der Waals surface area contributed by atoms with Crippen LogP contribution in [0.25, 0.3) is 44.5 Å². The van der Waals surface area contributed by atoms with E-state index >= 15 is 0 Å². The first-order chi connectivity index (χ1) is 18.3. The molecular weight excluding hydrogens is 446 g/mol. The second-order valence-corrected chi connectivity index (χ2v) is 9.17. The molecule has 0 fully saturated rings. The Balaban J connectivity index is 1.14. The minimum absolute atomic E-state index is 1.07. The fraction of sp³-hybridized carbons (Fsp3) is 0. The van der Waals surface area contributed by atoms with E-state index in [2.05, 4.69) is 157 Å². The van der Waals surface area contributed by atoms with Crippen molar-refractivity contribution in [1.29, 1.82) is 0 Å². The van der Waals surface area contributed by atoms with Crippen LogP contribution in [0.2, 0.25) is 0 Å². The van der Waals surface area contributed by atoms with Crippen LogP contribution < -0.4 is 5.32 Å². The van der Waals surface area contributed by atoms with Crippen LogP contribution in [0, 0.1) is 0 Å². The second-order valence-electron chi connectivity index (χ2n) is 9.17. The Kier molecular flexibility index (Phi) is 6.34. The highest BCUT2D eigenvalue weighted by Crippen LogP contribution is 2.29. The third kappa shape index (κ3) is 5.22. The monoisotopic (exact) mass is 473 g/mol. The molecule has 0 spiro atoms. The van der Waals surface area contributed by atoms with Crippen molar-refractivity contribution in [1.82, 2.24) is 0 Å². The van der Waals surface area contributed by atoms with Crippen LogP contribution in [0.3, 0.4) is 0 Å². The van der Waals surface area contributed by atoms with Crippen LogP contribution >= 0.6 is 0 Å². The van der Waals surface area contributed by atoms with Gasteiger partial charge in [-0.2, -0.15) is 0 Å². The first kappa shape index (κ1) is 22.6. The molecule has 0 aliphatic heterocycles. The average molecular weight is 474 g/mol. The molecule has 1 heteroatoms. The highest BCUT2D eigenvalue weighted by Gasteiger charge is 2.04. The van der Waals surface area contributed by atoms with E-state index in [-0.39, 0.29) is 0 Å². The zero-order valence-corrected chi connectivity index (χ0v) is 20.5. The Morgan fingerprint density at radius 1 is 0.243 bits per heavy atom. The predicted molar refractivity (Wildman–Crippen MR) is 158 cm³/mol. The number of benzene rings is 6. The van der Waals surface area contributed by atoms with Gasteiger partial charge < -0.3 is 5.32 Å². The van der Waals surface area contributed by atoms with Gasteiger partial charge >= 0.3 is 0 Å². The lowest BCUT2D eigenvalue weighted by atomic mass is 9.99. The van der Waals surface area contributed by atoms with Crippen molar-refractivity contribution in [2.45, 2.75) is 0 Å². The summed E-state index contributed by atoms with van der Waals surface area (Å²) >= 11 is 0. The maximum atomic E-state index is 3.53. The van der Waals surface area contributed by atoms with Crippen molar-refractivity contribution in [2.75, 3.05) is 5.32 Å². The normalized spacial score (nSPS) is 10.7. The zero-order chi connectivity index (χ0) is 24.9. The summed E-state index contributed by atoms with van der Waals surface area (Å²) in [6.07, 6.45) is 0. The van der Waals surface area contributed by atoms with E-state index in [0.717, 1.165) is 11.4 Å². The Morgan fingerprint density at radius 2 is 0.541 bits per heavy atom. The smallest absolute Gasteiger partial charge is 0.0384 e. The maximum Gasteiger partial charge on any atom is 0.0384 e. The zero-order valence-electron chi connectivity index (χ0n) is 20.5. The summed E-state index contributed by atoms with van der Waals surface area (Å²) in [6.45, 7) is 0. The molecule has 0 aliphatic carbocycles. The third-order valence-electron chi connectivity index (χ3n) is 6.69. The molecule has 0 saturated heterocycles. The van der Waals surface area contributed by atoms with E-state index in [1.54, 1.807) is 0 Å². The van der Waals surface area contributed by atoms with Crippen molar-refractivity contribution in [2.24, 2.45) is 0 Å². The first-order valence-corrected chi connectivity index (χ1v) is 12.6. The molecule has 176 valence electrons. The van der Waals surface area contributed by atoms with Gasteiger partial charge in [-0.15, -0.1) is 0 Å². The van der Waals surface area contributed by atoms with E-state index in [1.165, 1.54) is 44.5 Å². The van der Waals surface area contributed by atoms with Gasteiger partial charge in [-0.05, 0) is 74.8 Å². The van der Waals surface area contributed by atoms with Gasteiger partial charge in [0.25, 0.3) is 0 Å². The molecule has 6 aromatic rings. The summed E-state index contributed by atoms with van der Waals surface area (Å²) in [7, 11) is 0. The molecule has 0 heterocycles. The standard InChI is InChI=1S/C36H27N/c1-3-8-27(9-4-1)29-14-16-30(17-15-29)31-18-22-35(23-19-31)37-36-24-20-32(21-25-36)34-13-7-12-33(26-34)28-10-5-2-6-11-28/h1-26,37H. The molecule has 0 saturated carbocycles. The Hall–Kier alpha value is -4.88. The van der Waals surface area contributed by atoms with Gasteiger partial charge in [-0.1, -0.05) is 127 Å². The number of rotatable bonds is 6. The van der Waals surface area contributed by atoms with E-state index < -0.39 is 0 Å². The number of hydrogen-bond donors (Lipinski definition) is 1. The topological polar surface area (TPSA) is 12.0 Å². The van der Waals surface area contributed by atoms with Crippen LogP contribution in [0.15, 0.2) is 158 Å². The minimum atomic E-state index is 1.07. The van der Waals surface area contributed by atoms with Gasteiger partial charge in [0.15, 0.2) is 0 Å². The van der Waals surface area contributed by atoms with Crippen LogP contribution in [0.1, 0.15) is 0 Å². The third-order valence-corrected chi connectivity index (χ3v) is 6.69. The molecule has 1 N–H and O–H groups in total. The highest BCUT2D eigenvalue weighted by atomic mass is 14.9. The van der Waals surface area contributed by atoms with Gasteiger partial charge in [0, 0.05) is 11.4 Å². The second kappa shape index (κ2) is 10.4. The van der Waals surface area contributed by atoms with Crippen LogP contribution in [-0.4, -0.2) is 0 Å². The largest absolute Gasteiger partial charge is 0.356 e. The molecule has 6 aromatic carbocycles. The first-order valence-electron chi connectivity index (χ1n) is 12.6. The molecule has 0 unspecified atom stereocenters. The molecule has 0 aromatic heterocycles. The molecule has 1 nitrogen and oxygen atoms in total. The van der Waals surface area contributed by atoms with Crippen molar-refractivity contribution < 1.29 is 0 Å². The molecule has 0 aliphatic rings. The lowest BCUT2D eigenvalue weighted by molar-refractivity contribution is 1.53. The number of nitrogens with one attached hydrogen (secondary N) is 1. The summed E-state index contributed by atoms with van der Waals surface area (Å²) < 4.78 is 0. The van der Waals surface area contributed by atoms with Crippen molar-refractivity contribution in [3.8, 4) is 44.5 Å². The average Bonchev–Trinajstić information content (AvgIpc) is 2.99. The number of hydrogen-bond acceptors (Lipinski definition) is 1. The number of anilines is 2.